The van der Waals surface area contributed by atoms with Gasteiger partial charge >= 0.3 is 5.97 Å². The quantitative estimate of drug-likeness (QED) is 0.297. The Morgan fingerprint density at radius 2 is 2.12 bits per heavy atom. The fourth-order valence-corrected chi connectivity index (χ4v) is 1.54. The lowest BCUT2D eigenvalue weighted by atomic mass is 9.92. The minimum atomic E-state index is -2.63. The van der Waals surface area contributed by atoms with Gasteiger partial charge in [0.2, 0.25) is 0 Å². The zero-order valence-corrected chi connectivity index (χ0v) is 8.35. The second-order valence-corrected chi connectivity index (χ2v) is 3.74. The van der Waals surface area contributed by atoms with Crippen molar-refractivity contribution in [2.24, 2.45) is 5.73 Å². The molecule has 1 fully saturated rings. The van der Waals surface area contributed by atoms with Gasteiger partial charge < -0.3 is 36.0 Å². The van der Waals surface area contributed by atoms with E-state index in [1.54, 1.807) is 0 Å². The van der Waals surface area contributed by atoms with Gasteiger partial charge in [-0.2, -0.15) is 0 Å². The number of carbonyl (C=O) groups is 1. The highest BCUT2D eigenvalue weighted by atomic mass is 16.7. The van der Waals surface area contributed by atoms with Gasteiger partial charge in [-0.3, -0.25) is 0 Å². The monoisotopic (exact) mass is 237 g/mol. The second-order valence-electron chi connectivity index (χ2n) is 3.74. The number of hydrogen-bond acceptors (Lipinski definition) is 7. The first-order valence-corrected chi connectivity index (χ1v) is 4.69. The molecule has 0 aromatic rings. The SMILES string of the molecule is NC[C@@H](O)[C@H]1OC(O)(C(=O)O)C[C@@H](O)[C@H]1O. The molecular weight excluding hydrogens is 222 g/mol. The summed E-state index contributed by atoms with van der Waals surface area (Å²) in [6.45, 7) is -0.301. The normalized spacial score (nSPS) is 41.7. The number of ether oxygens (including phenoxy) is 1. The number of rotatable bonds is 3. The number of carboxylic acids is 1. The molecule has 0 spiro atoms. The lowest BCUT2D eigenvalue weighted by Gasteiger charge is -2.41. The highest BCUT2D eigenvalue weighted by Gasteiger charge is 2.51. The van der Waals surface area contributed by atoms with E-state index in [9.17, 15) is 25.2 Å². The van der Waals surface area contributed by atoms with Crippen molar-refractivity contribution >= 4 is 5.97 Å². The molecular formula is C8H15NO7. The second kappa shape index (κ2) is 4.62. The Balaban J connectivity index is 2.89. The summed E-state index contributed by atoms with van der Waals surface area (Å²) in [5.74, 6) is -4.33. The van der Waals surface area contributed by atoms with Crippen LogP contribution in [0.3, 0.4) is 0 Å². The molecule has 7 N–H and O–H groups in total. The van der Waals surface area contributed by atoms with Gasteiger partial charge in [0, 0.05) is 13.0 Å². The van der Waals surface area contributed by atoms with Crippen LogP contribution < -0.4 is 5.73 Å². The van der Waals surface area contributed by atoms with Crippen molar-refractivity contribution in [1.29, 1.82) is 0 Å². The molecule has 1 heterocycles. The zero-order valence-electron chi connectivity index (χ0n) is 8.35. The molecule has 0 aromatic heterocycles. The average Bonchev–Trinajstić information content (AvgIpc) is 2.22. The summed E-state index contributed by atoms with van der Waals surface area (Å²) in [6.07, 6.45) is -6.53. The molecule has 0 bridgehead atoms. The molecule has 5 atom stereocenters. The highest BCUT2D eigenvalue weighted by molar-refractivity contribution is 5.75. The number of aliphatic hydroxyl groups excluding tert-OH is 3. The van der Waals surface area contributed by atoms with Crippen molar-refractivity contribution < 1.29 is 35.1 Å². The van der Waals surface area contributed by atoms with E-state index < -0.39 is 42.6 Å². The largest absolute Gasteiger partial charge is 0.477 e. The molecule has 1 saturated heterocycles. The van der Waals surface area contributed by atoms with E-state index in [0.29, 0.717) is 0 Å². The molecule has 1 rings (SSSR count). The molecule has 0 radical (unpaired) electrons. The van der Waals surface area contributed by atoms with Gasteiger partial charge in [0.05, 0.1) is 12.2 Å². The molecule has 8 nitrogen and oxygen atoms in total. The average molecular weight is 237 g/mol. The third kappa shape index (κ3) is 2.32. The molecule has 1 aliphatic heterocycles. The Morgan fingerprint density at radius 1 is 1.56 bits per heavy atom. The van der Waals surface area contributed by atoms with Gasteiger partial charge in [0.25, 0.3) is 5.79 Å². The van der Waals surface area contributed by atoms with Crippen molar-refractivity contribution in [1.82, 2.24) is 0 Å². The molecule has 8 heteroatoms. The van der Waals surface area contributed by atoms with E-state index in [-0.39, 0.29) is 6.54 Å². The Labute approximate surface area is 90.9 Å². The van der Waals surface area contributed by atoms with Gasteiger partial charge in [0.1, 0.15) is 12.2 Å². The Bertz CT molecular complexity index is 273. The Hall–Kier alpha value is -0.770. The molecule has 1 aliphatic rings. The van der Waals surface area contributed by atoms with Crippen molar-refractivity contribution in [3.05, 3.63) is 0 Å². The van der Waals surface area contributed by atoms with Crippen molar-refractivity contribution in [2.75, 3.05) is 6.54 Å². The summed E-state index contributed by atoms with van der Waals surface area (Å²) in [5.41, 5.74) is 5.12. The van der Waals surface area contributed by atoms with Crippen molar-refractivity contribution in [3.63, 3.8) is 0 Å². The number of aliphatic hydroxyl groups is 4. The van der Waals surface area contributed by atoms with Crippen molar-refractivity contribution in [3.8, 4) is 0 Å². The van der Waals surface area contributed by atoms with Crippen molar-refractivity contribution in [2.45, 2.75) is 36.6 Å². The summed E-state index contributed by atoms with van der Waals surface area (Å²) in [6, 6.07) is 0. The van der Waals surface area contributed by atoms with E-state index in [0.717, 1.165) is 0 Å². The van der Waals surface area contributed by atoms with Crippen LogP contribution in [0, 0.1) is 0 Å². The molecule has 16 heavy (non-hydrogen) atoms. The van der Waals surface area contributed by atoms with Crippen LogP contribution in [0.5, 0.6) is 0 Å². The van der Waals surface area contributed by atoms with E-state index in [2.05, 4.69) is 4.74 Å². The lowest BCUT2D eigenvalue weighted by molar-refractivity contribution is -0.306. The predicted molar refractivity (Wildman–Crippen MR) is 49.2 cm³/mol. The Kier molecular flexibility index (Phi) is 3.84. The van der Waals surface area contributed by atoms with Gasteiger partial charge in [-0.05, 0) is 0 Å². The summed E-state index contributed by atoms with van der Waals surface area (Å²) in [7, 11) is 0. The van der Waals surface area contributed by atoms with E-state index >= 15 is 0 Å². The summed E-state index contributed by atoms with van der Waals surface area (Å²) < 4.78 is 4.69. The highest BCUT2D eigenvalue weighted by Crippen LogP contribution is 2.29. The minimum absolute atomic E-state index is 0.301. The van der Waals surface area contributed by atoms with Crippen LogP contribution in [0.2, 0.25) is 0 Å². The molecule has 0 amide bonds. The molecule has 0 aliphatic carbocycles. The van der Waals surface area contributed by atoms with Gasteiger partial charge in [0.15, 0.2) is 0 Å². The van der Waals surface area contributed by atoms with Crippen LogP contribution >= 0.6 is 0 Å². The van der Waals surface area contributed by atoms with E-state index in [1.807, 2.05) is 0 Å². The number of nitrogens with two attached hydrogens (primary N) is 1. The zero-order chi connectivity index (χ0) is 12.5. The minimum Gasteiger partial charge on any atom is -0.477 e. The maximum absolute atomic E-state index is 10.7. The fourth-order valence-electron chi connectivity index (χ4n) is 1.54. The Morgan fingerprint density at radius 3 is 2.56 bits per heavy atom. The third-order valence-corrected chi connectivity index (χ3v) is 2.50. The maximum Gasteiger partial charge on any atom is 0.364 e. The van der Waals surface area contributed by atoms with Crippen LogP contribution in [0.1, 0.15) is 6.42 Å². The number of hydrogen-bond donors (Lipinski definition) is 6. The lowest BCUT2D eigenvalue weighted by Crippen LogP contribution is -2.62. The van der Waals surface area contributed by atoms with E-state index in [4.69, 9.17) is 10.8 Å². The first kappa shape index (κ1) is 13.3. The molecule has 0 aromatic carbocycles. The standard InChI is InChI=1S/C8H15NO7/c9-2-4(11)6-5(12)3(10)1-8(15,16-6)7(13)14/h3-6,10-12,15H,1-2,9H2,(H,13,14)/t3-,4-,5-,6-,8?/m1/s1. The van der Waals surface area contributed by atoms with Crippen LogP contribution in [0.25, 0.3) is 0 Å². The fraction of sp³-hybridized carbons (Fsp3) is 0.875. The first-order valence-electron chi connectivity index (χ1n) is 4.69. The van der Waals surface area contributed by atoms with Crippen LogP contribution in [0.4, 0.5) is 0 Å². The smallest absolute Gasteiger partial charge is 0.364 e. The van der Waals surface area contributed by atoms with Crippen LogP contribution in [-0.4, -0.2) is 68.2 Å². The summed E-state index contributed by atoms with van der Waals surface area (Å²) >= 11 is 0. The molecule has 94 valence electrons. The number of carboxylic acid groups (broad SMARTS) is 1. The first-order chi connectivity index (χ1) is 7.31. The summed E-state index contributed by atoms with van der Waals surface area (Å²) in [5, 5.41) is 46.4. The molecule has 0 saturated carbocycles. The van der Waals surface area contributed by atoms with Gasteiger partial charge in [-0.15, -0.1) is 0 Å². The topological polar surface area (TPSA) is 153 Å². The number of aliphatic carboxylic acids is 1. The summed E-state index contributed by atoms with van der Waals surface area (Å²) in [4.78, 5) is 10.7. The predicted octanol–water partition coefficient (Wildman–Crippen LogP) is -3.41. The van der Waals surface area contributed by atoms with Crippen LogP contribution in [-0.2, 0) is 9.53 Å². The van der Waals surface area contributed by atoms with Crippen LogP contribution in [0.15, 0.2) is 0 Å². The molecule has 1 unspecified atom stereocenters. The maximum atomic E-state index is 10.7. The van der Waals surface area contributed by atoms with E-state index in [1.165, 1.54) is 0 Å². The van der Waals surface area contributed by atoms with Gasteiger partial charge in [-0.25, -0.2) is 4.79 Å². The van der Waals surface area contributed by atoms with Gasteiger partial charge in [-0.1, -0.05) is 0 Å². The third-order valence-electron chi connectivity index (χ3n) is 2.50.